The molecule has 0 atom stereocenters. The van der Waals surface area contributed by atoms with Crippen LogP contribution in [0.25, 0.3) is 10.9 Å². The molecule has 0 aliphatic carbocycles. The quantitative estimate of drug-likeness (QED) is 0.861. The molecule has 0 aliphatic rings. The van der Waals surface area contributed by atoms with Gasteiger partial charge >= 0.3 is 5.97 Å². The second-order valence-corrected chi connectivity index (χ2v) is 3.84. The van der Waals surface area contributed by atoms with E-state index in [4.69, 9.17) is 5.11 Å². The van der Waals surface area contributed by atoms with Gasteiger partial charge in [-0.2, -0.15) is 5.10 Å². The molecule has 1 aromatic carbocycles. The van der Waals surface area contributed by atoms with Crippen molar-refractivity contribution in [3.8, 4) is 0 Å². The van der Waals surface area contributed by atoms with Gasteiger partial charge in [0.15, 0.2) is 0 Å². The van der Waals surface area contributed by atoms with E-state index in [-0.39, 0.29) is 6.42 Å². The number of aromatic nitrogens is 2. The fraction of sp³-hybridized carbons (Fsp3) is 0.111. The molecule has 0 bridgehead atoms. The van der Waals surface area contributed by atoms with E-state index in [1.807, 2.05) is 6.07 Å². The van der Waals surface area contributed by atoms with Crippen molar-refractivity contribution in [2.24, 2.45) is 0 Å². The molecule has 2 N–H and O–H groups in total. The van der Waals surface area contributed by atoms with Gasteiger partial charge in [0.05, 0.1) is 18.1 Å². The number of nitrogens with one attached hydrogen (secondary N) is 1. The van der Waals surface area contributed by atoms with Gasteiger partial charge in [-0.3, -0.25) is 9.89 Å². The molecule has 1 heterocycles. The zero-order valence-electron chi connectivity index (χ0n) is 7.12. The molecule has 0 radical (unpaired) electrons. The number of carboxylic acid groups (broad SMARTS) is 1. The van der Waals surface area contributed by atoms with E-state index in [0.717, 1.165) is 20.9 Å². The lowest BCUT2D eigenvalue weighted by Gasteiger charge is -1.99. The van der Waals surface area contributed by atoms with Crippen LogP contribution in [0.4, 0.5) is 0 Å². The maximum Gasteiger partial charge on any atom is 0.307 e. The van der Waals surface area contributed by atoms with E-state index in [1.165, 1.54) is 0 Å². The monoisotopic (exact) mass is 254 g/mol. The Balaban J connectivity index is 2.53. The Morgan fingerprint density at radius 3 is 3.07 bits per heavy atom. The molecule has 0 aliphatic heterocycles. The van der Waals surface area contributed by atoms with Gasteiger partial charge in [0.2, 0.25) is 0 Å². The van der Waals surface area contributed by atoms with Crippen LogP contribution in [-0.2, 0) is 11.2 Å². The molecule has 0 unspecified atom stereocenters. The minimum Gasteiger partial charge on any atom is -0.481 e. The lowest BCUT2D eigenvalue weighted by Crippen LogP contribution is -1.99. The smallest absolute Gasteiger partial charge is 0.307 e. The fourth-order valence-electron chi connectivity index (χ4n) is 1.35. The summed E-state index contributed by atoms with van der Waals surface area (Å²) in [6, 6.07) is 3.60. The topological polar surface area (TPSA) is 66.0 Å². The maximum atomic E-state index is 10.5. The SMILES string of the molecule is O=C(O)Cc1cc(Br)c2[nH]ncc2c1. The number of carboxylic acids is 1. The summed E-state index contributed by atoms with van der Waals surface area (Å²) in [7, 11) is 0. The van der Waals surface area contributed by atoms with Crippen molar-refractivity contribution < 1.29 is 9.90 Å². The van der Waals surface area contributed by atoms with Crippen LogP contribution in [-0.4, -0.2) is 21.3 Å². The molecule has 4 nitrogen and oxygen atoms in total. The van der Waals surface area contributed by atoms with Crippen molar-refractivity contribution in [1.82, 2.24) is 10.2 Å². The number of halogens is 1. The third-order valence-electron chi connectivity index (χ3n) is 1.92. The molecule has 0 spiro atoms. The Morgan fingerprint density at radius 1 is 1.57 bits per heavy atom. The number of benzene rings is 1. The minimum absolute atomic E-state index is 0.0275. The average Bonchev–Trinajstić information content (AvgIpc) is 2.50. The van der Waals surface area contributed by atoms with Gasteiger partial charge in [0.25, 0.3) is 0 Å². The number of aliphatic carboxylic acids is 1. The summed E-state index contributed by atoms with van der Waals surface area (Å²) in [6.07, 6.45) is 1.70. The Kier molecular flexibility index (Phi) is 2.25. The van der Waals surface area contributed by atoms with E-state index >= 15 is 0 Å². The van der Waals surface area contributed by atoms with Gasteiger partial charge in [-0.1, -0.05) is 0 Å². The Morgan fingerprint density at radius 2 is 2.36 bits per heavy atom. The highest BCUT2D eigenvalue weighted by Gasteiger charge is 2.06. The predicted molar refractivity (Wildman–Crippen MR) is 55.1 cm³/mol. The highest BCUT2D eigenvalue weighted by atomic mass is 79.9. The van der Waals surface area contributed by atoms with Gasteiger partial charge in [-0.05, 0) is 33.6 Å². The molecule has 2 aromatic rings. The standard InChI is InChI=1S/C9H7BrN2O2/c10-7-2-5(3-8(13)14)1-6-4-11-12-9(6)7/h1-2,4H,3H2,(H,11,12)(H,13,14). The van der Waals surface area contributed by atoms with E-state index in [2.05, 4.69) is 26.1 Å². The lowest BCUT2D eigenvalue weighted by molar-refractivity contribution is -0.136. The van der Waals surface area contributed by atoms with Crippen LogP contribution < -0.4 is 0 Å². The minimum atomic E-state index is -0.834. The lowest BCUT2D eigenvalue weighted by atomic mass is 10.1. The number of nitrogens with zero attached hydrogens (tertiary/aromatic N) is 1. The van der Waals surface area contributed by atoms with Crippen LogP contribution in [0, 0.1) is 0 Å². The highest BCUT2D eigenvalue weighted by molar-refractivity contribution is 9.10. The van der Waals surface area contributed by atoms with Crippen molar-refractivity contribution in [1.29, 1.82) is 0 Å². The molecule has 72 valence electrons. The molecular weight excluding hydrogens is 248 g/mol. The van der Waals surface area contributed by atoms with Crippen molar-refractivity contribution >= 4 is 32.8 Å². The van der Waals surface area contributed by atoms with Crippen LogP contribution >= 0.6 is 15.9 Å². The first kappa shape index (κ1) is 9.21. The first-order chi connectivity index (χ1) is 6.66. The Bertz CT molecular complexity index is 493. The molecule has 0 saturated heterocycles. The van der Waals surface area contributed by atoms with Crippen molar-refractivity contribution in [3.63, 3.8) is 0 Å². The Labute approximate surface area is 88.1 Å². The van der Waals surface area contributed by atoms with E-state index < -0.39 is 5.97 Å². The van der Waals surface area contributed by atoms with E-state index in [0.29, 0.717) is 0 Å². The van der Waals surface area contributed by atoms with Crippen LogP contribution in [0.2, 0.25) is 0 Å². The zero-order valence-corrected chi connectivity index (χ0v) is 8.71. The van der Waals surface area contributed by atoms with E-state index in [1.54, 1.807) is 12.3 Å². The van der Waals surface area contributed by atoms with Gasteiger partial charge in [0, 0.05) is 9.86 Å². The summed E-state index contributed by atoms with van der Waals surface area (Å²) in [5, 5.41) is 16.3. The van der Waals surface area contributed by atoms with Crippen LogP contribution in [0.3, 0.4) is 0 Å². The number of hydrogen-bond donors (Lipinski definition) is 2. The Hall–Kier alpha value is -1.36. The summed E-state index contributed by atoms with van der Waals surface area (Å²) in [6.45, 7) is 0. The number of rotatable bonds is 2. The number of hydrogen-bond acceptors (Lipinski definition) is 2. The molecule has 0 fully saturated rings. The van der Waals surface area contributed by atoms with Gasteiger partial charge < -0.3 is 5.11 Å². The molecular formula is C9H7BrN2O2. The van der Waals surface area contributed by atoms with Crippen molar-refractivity contribution in [3.05, 3.63) is 28.4 Å². The van der Waals surface area contributed by atoms with Gasteiger partial charge in [-0.25, -0.2) is 0 Å². The van der Waals surface area contributed by atoms with Crippen molar-refractivity contribution in [2.45, 2.75) is 6.42 Å². The van der Waals surface area contributed by atoms with Gasteiger partial charge in [-0.15, -0.1) is 0 Å². The van der Waals surface area contributed by atoms with Crippen molar-refractivity contribution in [2.75, 3.05) is 0 Å². The summed E-state index contributed by atoms with van der Waals surface area (Å²) in [4.78, 5) is 10.5. The largest absolute Gasteiger partial charge is 0.481 e. The predicted octanol–water partition coefficient (Wildman–Crippen LogP) is 1.95. The summed E-state index contributed by atoms with van der Waals surface area (Å²) in [5.74, 6) is -0.834. The van der Waals surface area contributed by atoms with Crippen LogP contribution in [0.1, 0.15) is 5.56 Å². The molecule has 14 heavy (non-hydrogen) atoms. The van der Waals surface area contributed by atoms with Crippen LogP contribution in [0.15, 0.2) is 22.8 Å². The highest BCUT2D eigenvalue weighted by Crippen LogP contribution is 2.23. The zero-order chi connectivity index (χ0) is 10.1. The molecule has 2 rings (SSSR count). The fourth-order valence-corrected chi connectivity index (χ4v) is 1.96. The van der Waals surface area contributed by atoms with Gasteiger partial charge in [0.1, 0.15) is 0 Å². The third-order valence-corrected chi connectivity index (χ3v) is 2.54. The summed E-state index contributed by atoms with van der Waals surface area (Å²) < 4.78 is 0.837. The number of fused-ring (bicyclic) bond motifs is 1. The first-order valence-electron chi connectivity index (χ1n) is 4.00. The maximum absolute atomic E-state index is 10.5. The average molecular weight is 255 g/mol. The number of carbonyl (C=O) groups is 1. The second kappa shape index (κ2) is 3.42. The number of H-pyrrole nitrogens is 1. The summed E-state index contributed by atoms with van der Waals surface area (Å²) >= 11 is 3.35. The molecule has 0 amide bonds. The first-order valence-corrected chi connectivity index (χ1v) is 4.79. The molecule has 1 aromatic heterocycles. The molecule has 5 heteroatoms. The van der Waals surface area contributed by atoms with E-state index in [9.17, 15) is 4.79 Å². The number of aromatic amines is 1. The summed E-state index contributed by atoms with van der Waals surface area (Å²) in [5.41, 5.74) is 1.65. The second-order valence-electron chi connectivity index (χ2n) is 2.98. The normalized spacial score (nSPS) is 10.6. The third kappa shape index (κ3) is 1.63. The van der Waals surface area contributed by atoms with Crippen LogP contribution in [0.5, 0.6) is 0 Å². The molecule has 0 saturated carbocycles.